The highest BCUT2D eigenvalue weighted by Crippen LogP contribution is 2.31. The Morgan fingerprint density at radius 2 is 1.63 bits per heavy atom. The molecule has 2 fully saturated rings. The van der Waals surface area contributed by atoms with Crippen LogP contribution in [0.15, 0.2) is 0 Å². The van der Waals surface area contributed by atoms with Crippen molar-refractivity contribution in [2.24, 2.45) is 17.8 Å². The summed E-state index contributed by atoms with van der Waals surface area (Å²) in [4.78, 5) is 0. The summed E-state index contributed by atoms with van der Waals surface area (Å²) < 4.78 is 0. The highest BCUT2D eigenvalue weighted by Gasteiger charge is 2.26. The molecule has 2 rings (SSSR count). The van der Waals surface area contributed by atoms with Gasteiger partial charge in [-0.15, -0.1) is 0 Å². The third-order valence-corrected chi connectivity index (χ3v) is 5.44. The van der Waals surface area contributed by atoms with E-state index in [9.17, 15) is 0 Å². The molecule has 112 valence electrons. The second-order valence-corrected chi connectivity index (χ2v) is 7.71. The summed E-state index contributed by atoms with van der Waals surface area (Å²) in [5.41, 5.74) is 0. The van der Waals surface area contributed by atoms with E-state index in [4.69, 9.17) is 0 Å². The summed E-state index contributed by atoms with van der Waals surface area (Å²) in [6.45, 7) is 7.20. The molecule has 0 aromatic heterocycles. The van der Waals surface area contributed by atoms with Gasteiger partial charge in [0.2, 0.25) is 0 Å². The van der Waals surface area contributed by atoms with Gasteiger partial charge in [0.05, 0.1) is 0 Å². The van der Waals surface area contributed by atoms with Crippen LogP contribution in [0.2, 0.25) is 0 Å². The predicted molar refractivity (Wildman–Crippen MR) is 84.4 cm³/mol. The van der Waals surface area contributed by atoms with E-state index in [1.807, 2.05) is 0 Å². The molecule has 2 saturated carbocycles. The van der Waals surface area contributed by atoms with E-state index in [-0.39, 0.29) is 0 Å². The average molecular weight is 265 g/mol. The van der Waals surface area contributed by atoms with Crippen molar-refractivity contribution < 1.29 is 0 Å². The van der Waals surface area contributed by atoms with E-state index < -0.39 is 0 Å². The first kappa shape index (κ1) is 15.4. The Kier molecular flexibility index (Phi) is 6.19. The van der Waals surface area contributed by atoms with Crippen molar-refractivity contribution in [1.29, 1.82) is 0 Å². The van der Waals surface area contributed by atoms with Crippen molar-refractivity contribution in [2.75, 3.05) is 0 Å². The van der Waals surface area contributed by atoms with E-state index in [0.29, 0.717) is 0 Å². The molecule has 1 heteroatoms. The van der Waals surface area contributed by atoms with Crippen molar-refractivity contribution >= 4 is 0 Å². The zero-order valence-corrected chi connectivity index (χ0v) is 13.5. The van der Waals surface area contributed by atoms with E-state index >= 15 is 0 Å². The van der Waals surface area contributed by atoms with Gasteiger partial charge in [0.15, 0.2) is 0 Å². The number of nitrogens with one attached hydrogen (secondary N) is 1. The van der Waals surface area contributed by atoms with Crippen LogP contribution in [0.25, 0.3) is 0 Å². The van der Waals surface area contributed by atoms with Gasteiger partial charge >= 0.3 is 0 Å². The molecule has 3 atom stereocenters. The summed E-state index contributed by atoms with van der Waals surface area (Å²) in [6, 6.07) is 1.57. The fourth-order valence-electron chi connectivity index (χ4n) is 4.47. The highest BCUT2D eigenvalue weighted by atomic mass is 15.0. The standard InChI is InChI=1S/C18H35N/c1-14(2)12-16-8-7-11-18(13-16)19-15(3)17-9-5-4-6-10-17/h14-19H,4-13H2,1-3H3/t15-,16?,18?/m0/s1. The van der Waals surface area contributed by atoms with Gasteiger partial charge in [0.1, 0.15) is 0 Å². The Labute approximate surface area is 120 Å². The van der Waals surface area contributed by atoms with Crippen LogP contribution in [0.3, 0.4) is 0 Å². The van der Waals surface area contributed by atoms with Crippen LogP contribution in [0.4, 0.5) is 0 Å². The quantitative estimate of drug-likeness (QED) is 0.725. The maximum absolute atomic E-state index is 3.99. The minimum Gasteiger partial charge on any atom is -0.311 e. The van der Waals surface area contributed by atoms with Crippen LogP contribution in [0.1, 0.15) is 85.0 Å². The van der Waals surface area contributed by atoms with Crippen LogP contribution in [0.5, 0.6) is 0 Å². The first-order valence-electron chi connectivity index (χ1n) is 8.91. The highest BCUT2D eigenvalue weighted by molar-refractivity contribution is 4.84. The molecule has 0 bridgehead atoms. The van der Waals surface area contributed by atoms with Crippen LogP contribution < -0.4 is 5.32 Å². The third kappa shape index (κ3) is 5.10. The van der Waals surface area contributed by atoms with Crippen molar-refractivity contribution in [3.05, 3.63) is 0 Å². The lowest BCUT2D eigenvalue weighted by Crippen LogP contribution is -2.43. The molecule has 0 aromatic carbocycles. The SMILES string of the molecule is CC(C)CC1CCCC(N[C@@H](C)C2CCCCC2)C1. The Morgan fingerprint density at radius 3 is 2.32 bits per heavy atom. The smallest absolute Gasteiger partial charge is 0.00722 e. The van der Waals surface area contributed by atoms with Crippen molar-refractivity contribution in [1.82, 2.24) is 5.32 Å². The van der Waals surface area contributed by atoms with E-state index in [1.165, 1.54) is 64.2 Å². The lowest BCUT2D eigenvalue weighted by molar-refractivity contribution is 0.206. The first-order chi connectivity index (χ1) is 9.15. The molecule has 2 aliphatic rings. The van der Waals surface area contributed by atoms with Gasteiger partial charge in [-0.2, -0.15) is 0 Å². The first-order valence-corrected chi connectivity index (χ1v) is 8.91. The molecule has 1 nitrogen and oxygen atoms in total. The summed E-state index contributed by atoms with van der Waals surface area (Å²) >= 11 is 0. The number of hydrogen-bond donors (Lipinski definition) is 1. The summed E-state index contributed by atoms with van der Waals surface area (Å²) in [7, 11) is 0. The van der Waals surface area contributed by atoms with E-state index in [1.54, 1.807) is 0 Å². The molecular weight excluding hydrogens is 230 g/mol. The van der Waals surface area contributed by atoms with Gasteiger partial charge in [-0.05, 0) is 56.8 Å². The van der Waals surface area contributed by atoms with Crippen molar-refractivity contribution in [3.8, 4) is 0 Å². The zero-order chi connectivity index (χ0) is 13.7. The van der Waals surface area contributed by atoms with E-state index in [0.717, 1.165) is 29.8 Å². The fourth-order valence-corrected chi connectivity index (χ4v) is 4.47. The summed E-state index contributed by atoms with van der Waals surface area (Å²) in [5, 5.41) is 3.99. The second kappa shape index (κ2) is 7.67. The maximum atomic E-state index is 3.99. The van der Waals surface area contributed by atoms with Gasteiger partial charge < -0.3 is 5.32 Å². The summed E-state index contributed by atoms with van der Waals surface area (Å²) in [5.74, 6) is 2.82. The van der Waals surface area contributed by atoms with E-state index in [2.05, 4.69) is 26.1 Å². The lowest BCUT2D eigenvalue weighted by atomic mass is 9.79. The molecular formula is C18H35N. The van der Waals surface area contributed by atoms with Crippen molar-refractivity contribution in [2.45, 2.75) is 97.1 Å². The average Bonchev–Trinajstić information content (AvgIpc) is 2.39. The normalized spacial score (nSPS) is 31.6. The van der Waals surface area contributed by atoms with Crippen LogP contribution in [0, 0.1) is 17.8 Å². The number of hydrogen-bond acceptors (Lipinski definition) is 1. The largest absolute Gasteiger partial charge is 0.311 e. The number of rotatable bonds is 5. The van der Waals surface area contributed by atoms with Gasteiger partial charge in [0.25, 0.3) is 0 Å². The lowest BCUT2D eigenvalue weighted by Gasteiger charge is -2.36. The minimum absolute atomic E-state index is 0.753. The Balaban J connectivity index is 1.74. The molecule has 2 unspecified atom stereocenters. The van der Waals surface area contributed by atoms with Crippen molar-refractivity contribution in [3.63, 3.8) is 0 Å². The fraction of sp³-hybridized carbons (Fsp3) is 1.00. The topological polar surface area (TPSA) is 12.0 Å². The van der Waals surface area contributed by atoms with Crippen LogP contribution >= 0.6 is 0 Å². The van der Waals surface area contributed by atoms with Gasteiger partial charge in [0, 0.05) is 12.1 Å². The summed E-state index contributed by atoms with van der Waals surface area (Å²) in [6.07, 6.45) is 14.6. The third-order valence-electron chi connectivity index (χ3n) is 5.44. The van der Waals surface area contributed by atoms with Crippen LogP contribution in [-0.2, 0) is 0 Å². The molecule has 2 aliphatic carbocycles. The molecule has 0 aliphatic heterocycles. The molecule has 0 radical (unpaired) electrons. The molecule has 0 aromatic rings. The predicted octanol–water partition coefficient (Wildman–Crippen LogP) is 5.15. The Morgan fingerprint density at radius 1 is 0.895 bits per heavy atom. The molecule has 0 saturated heterocycles. The second-order valence-electron chi connectivity index (χ2n) is 7.71. The maximum Gasteiger partial charge on any atom is 0.00722 e. The Bertz CT molecular complexity index is 242. The van der Waals surface area contributed by atoms with Gasteiger partial charge in [-0.1, -0.05) is 46.0 Å². The van der Waals surface area contributed by atoms with Gasteiger partial charge in [-0.25, -0.2) is 0 Å². The monoisotopic (exact) mass is 265 g/mol. The molecule has 0 heterocycles. The van der Waals surface area contributed by atoms with Gasteiger partial charge in [-0.3, -0.25) is 0 Å². The molecule has 0 amide bonds. The Hall–Kier alpha value is -0.0400. The minimum atomic E-state index is 0.753. The molecule has 0 spiro atoms. The zero-order valence-electron chi connectivity index (χ0n) is 13.5. The molecule has 19 heavy (non-hydrogen) atoms. The molecule has 1 N–H and O–H groups in total. The van der Waals surface area contributed by atoms with Crippen LogP contribution in [-0.4, -0.2) is 12.1 Å².